The van der Waals surface area contributed by atoms with Crippen LogP contribution in [-0.4, -0.2) is 42.3 Å². The molecule has 0 saturated carbocycles. The number of Topliss-reactive ketones (excluding diaryl/α,β-unsaturated/α-hetero) is 1. The maximum Gasteiger partial charge on any atom is 0.339 e. The van der Waals surface area contributed by atoms with Crippen LogP contribution in [0, 0.1) is 13.8 Å². The molecule has 124 valence electrons. The van der Waals surface area contributed by atoms with Gasteiger partial charge in [-0.25, -0.2) is 4.79 Å². The van der Waals surface area contributed by atoms with Crippen molar-refractivity contribution in [2.45, 2.75) is 26.8 Å². The summed E-state index contributed by atoms with van der Waals surface area (Å²) < 4.78 is 4.78. The quantitative estimate of drug-likeness (QED) is 0.650. The van der Waals surface area contributed by atoms with E-state index in [-0.39, 0.29) is 18.4 Å². The summed E-state index contributed by atoms with van der Waals surface area (Å²) in [6.07, 6.45) is 0. The van der Waals surface area contributed by atoms with Gasteiger partial charge in [-0.05, 0) is 44.8 Å². The third kappa shape index (κ3) is 3.54. The molecule has 0 fully saturated rings. The molecule has 2 heterocycles. The first kappa shape index (κ1) is 17.4. The first-order chi connectivity index (χ1) is 10.9. The summed E-state index contributed by atoms with van der Waals surface area (Å²) in [7, 11) is 3.26. The molecule has 0 unspecified atom stereocenters. The molecule has 1 N–H and O–H groups in total. The van der Waals surface area contributed by atoms with E-state index in [4.69, 9.17) is 4.74 Å². The molecule has 0 saturated heterocycles. The Labute approximate surface area is 140 Å². The minimum Gasteiger partial charge on any atom is -0.465 e. The number of hydrogen-bond acceptors (Lipinski definition) is 5. The number of H-pyrrole nitrogens is 1. The molecular formula is C17H22N2O3S. The number of esters is 1. The van der Waals surface area contributed by atoms with Crippen LogP contribution in [0.1, 0.15) is 49.9 Å². The van der Waals surface area contributed by atoms with Crippen LogP contribution in [0.2, 0.25) is 0 Å². The normalized spacial score (nSPS) is 12.4. The fourth-order valence-electron chi connectivity index (χ4n) is 2.63. The van der Waals surface area contributed by atoms with Crippen molar-refractivity contribution in [3.05, 3.63) is 44.9 Å². The second-order valence-corrected chi connectivity index (χ2v) is 6.63. The second kappa shape index (κ2) is 7.10. The van der Waals surface area contributed by atoms with Gasteiger partial charge in [-0.3, -0.25) is 9.69 Å². The fraction of sp³-hybridized carbons (Fsp3) is 0.412. The smallest absolute Gasteiger partial charge is 0.339 e. The van der Waals surface area contributed by atoms with E-state index in [1.54, 1.807) is 25.2 Å². The Morgan fingerprint density at radius 3 is 2.65 bits per heavy atom. The summed E-state index contributed by atoms with van der Waals surface area (Å²) in [5.41, 5.74) is 2.24. The van der Waals surface area contributed by atoms with Crippen molar-refractivity contribution in [3.8, 4) is 0 Å². The van der Waals surface area contributed by atoms with E-state index >= 15 is 0 Å². The lowest BCUT2D eigenvalue weighted by molar-refractivity contribution is 0.0599. The Hall–Kier alpha value is -1.92. The summed E-state index contributed by atoms with van der Waals surface area (Å²) in [5.74, 6) is -0.456. The van der Waals surface area contributed by atoms with Gasteiger partial charge in [0.2, 0.25) is 0 Å². The molecule has 2 aromatic heterocycles. The number of ether oxygens (including phenoxy) is 1. The topological polar surface area (TPSA) is 62.4 Å². The van der Waals surface area contributed by atoms with E-state index in [0.717, 1.165) is 0 Å². The molecule has 0 aromatic carbocycles. The summed E-state index contributed by atoms with van der Waals surface area (Å²) in [4.78, 5) is 30.7. The standard InChI is InChI=1S/C17H22N2O3S/c1-10-15(17(21)22-5)11(2)18-16(10)13(20)9-19(4)12(3)14-7-6-8-23-14/h6-8,12,18H,9H2,1-5H3/t12-/m0/s1. The summed E-state index contributed by atoms with van der Waals surface area (Å²) in [6, 6.07) is 4.23. The molecule has 0 aliphatic carbocycles. The molecule has 0 bridgehead atoms. The minimum absolute atomic E-state index is 0.0355. The van der Waals surface area contributed by atoms with E-state index in [1.807, 2.05) is 23.4 Å². The van der Waals surface area contributed by atoms with Crippen LogP contribution >= 0.6 is 11.3 Å². The van der Waals surface area contributed by atoms with E-state index in [9.17, 15) is 9.59 Å². The molecule has 0 spiro atoms. The highest BCUT2D eigenvalue weighted by Crippen LogP contribution is 2.24. The average Bonchev–Trinajstić information content (AvgIpc) is 3.14. The average molecular weight is 334 g/mol. The van der Waals surface area contributed by atoms with Crippen LogP contribution in [0.25, 0.3) is 0 Å². The molecule has 2 aromatic rings. The van der Waals surface area contributed by atoms with Crippen molar-refractivity contribution in [2.75, 3.05) is 20.7 Å². The largest absolute Gasteiger partial charge is 0.465 e. The van der Waals surface area contributed by atoms with Crippen LogP contribution < -0.4 is 0 Å². The number of aromatic nitrogens is 1. The van der Waals surface area contributed by atoms with Crippen LogP contribution in [0.4, 0.5) is 0 Å². The highest BCUT2D eigenvalue weighted by molar-refractivity contribution is 7.10. The minimum atomic E-state index is -0.421. The third-order valence-corrected chi connectivity index (χ3v) is 5.16. The predicted molar refractivity (Wildman–Crippen MR) is 91.3 cm³/mol. The molecule has 0 radical (unpaired) electrons. The van der Waals surface area contributed by atoms with Gasteiger partial charge in [0.25, 0.3) is 0 Å². The van der Waals surface area contributed by atoms with Crippen LogP contribution in [0.15, 0.2) is 17.5 Å². The van der Waals surface area contributed by atoms with Crippen molar-refractivity contribution in [3.63, 3.8) is 0 Å². The first-order valence-corrected chi connectivity index (χ1v) is 8.29. The van der Waals surface area contributed by atoms with Crippen LogP contribution in [0.3, 0.4) is 0 Å². The van der Waals surface area contributed by atoms with Crippen molar-refractivity contribution in [1.29, 1.82) is 0 Å². The zero-order chi connectivity index (χ0) is 17.1. The number of carbonyl (C=O) groups is 2. The molecule has 6 heteroatoms. The summed E-state index contributed by atoms with van der Waals surface area (Å²) in [6.45, 7) is 5.89. The number of likely N-dealkylation sites (N-methyl/N-ethyl adjacent to an activating group) is 1. The highest BCUT2D eigenvalue weighted by atomic mass is 32.1. The molecule has 2 rings (SSSR count). The van der Waals surface area contributed by atoms with Crippen molar-refractivity contribution in [1.82, 2.24) is 9.88 Å². The highest BCUT2D eigenvalue weighted by Gasteiger charge is 2.24. The van der Waals surface area contributed by atoms with E-state index in [0.29, 0.717) is 22.5 Å². The number of rotatable bonds is 6. The Bertz CT molecular complexity index is 704. The third-order valence-electron chi connectivity index (χ3n) is 4.11. The number of nitrogens with zero attached hydrogens (tertiary/aromatic N) is 1. The van der Waals surface area contributed by atoms with Gasteiger partial charge in [-0.2, -0.15) is 0 Å². The Morgan fingerprint density at radius 2 is 2.09 bits per heavy atom. The first-order valence-electron chi connectivity index (χ1n) is 7.41. The zero-order valence-corrected chi connectivity index (χ0v) is 14.9. The molecule has 1 atom stereocenters. The second-order valence-electron chi connectivity index (χ2n) is 5.65. The van der Waals surface area contributed by atoms with Gasteiger partial charge in [0.1, 0.15) is 0 Å². The van der Waals surface area contributed by atoms with Crippen LogP contribution in [-0.2, 0) is 4.74 Å². The van der Waals surface area contributed by atoms with Gasteiger partial charge < -0.3 is 9.72 Å². The fourth-order valence-corrected chi connectivity index (χ4v) is 3.47. The van der Waals surface area contributed by atoms with Crippen molar-refractivity contribution >= 4 is 23.1 Å². The molecule has 23 heavy (non-hydrogen) atoms. The number of hydrogen-bond donors (Lipinski definition) is 1. The van der Waals surface area contributed by atoms with Gasteiger partial charge in [-0.15, -0.1) is 11.3 Å². The van der Waals surface area contributed by atoms with E-state index in [2.05, 4.69) is 18.0 Å². The lowest BCUT2D eigenvalue weighted by Gasteiger charge is -2.22. The van der Waals surface area contributed by atoms with Crippen molar-refractivity contribution < 1.29 is 14.3 Å². The van der Waals surface area contributed by atoms with E-state index < -0.39 is 5.97 Å². The Balaban J connectivity index is 2.17. The monoisotopic (exact) mass is 334 g/mol. The summed E-state index contributed by atoms with van der Waals surface area (Å²) >= 11 is 1.68. The lowest BCUT2D eigenvalue weighted by Crippen LogP contribution is -2.29. The SMILES string of the molecule is COC(=O)c1c(C)[nH]c(C(=O)CN(C)[C@@H](C)c2cccs2)c1C. The molecule has 0 aliphatic heterocycles. The number of ketones is 1. The van der Waals surface area contributed by atoms with E-state index in [1.165, 1.54) is 12.0 Å². The predicted octanol–water partition coefficient (Wildman–Crippen LogP) is 3.36. The molecular weight excluding hydrogens is 312 g/mol. The van der Waals surface area contributed by atoms with Crippen LogP contribution in [0.5, 0.6) is 0 Å². The summed E-state index contributed by atoms with van der Waals surface area (Å²) in [5, 5.41) is 2.03. The Morgan fingerprint density at radius 1 is 1.39 bits per heavy atom. The number of carbonyl (C=O) groups excluding carboxylic acids is 2. The van der Waals surface area contributed by atoms with Gasteiger partial charge in [0.15, 0.2) is 5.78 Å². The number of aryl methyl sites for hydroxylation is 1. The van der Waals surface area contributed by atoms with Gasteiger partial charge >= 0.3 is 5.97 Å². The molecule has 5 nitrogen and oxygen atoms in total. The van der Waals surface area contributed by atoms with Gasteiger partial charge in [0, 0.05) is 16.6 Å². The van der Waals surface area contributed by atoms with Gasteiger partial charge in [-0.1, -0.05) is 6.07 Å². The lowest BCUT2D eigenvalue weighted by atomic mass is 10.1. The number of methoxy groups -OCH3 is 1. The molecule has 0 aliphatic rings. The van der Waals surface area contributed by atoms with Crippen molar-refractivity contribution in [2.24, 2.45) is 0 Å². The molecule has 0 amide bonds. The number of nitrogens with one attached hydrogen (secondary N) is 1. The zero-order valence-electron chi connectivity index (χ0n) is 14.1. The maximum atomic E-state index is 12.6. The number of thiophene rings is 1. The Kier molecular flexibility index (Phi) is 5.38. The maximum absolute atomic E-state index is 12.6. The van der Waals surface area contributed by atoms with Gasteiger partial charge in [0.05, 0.1) is 24.9 Å². The number of aromatic amines is 1.